The van der Waals surface area contributed by atoms with Gasteiger partial charge in [-0.1, -0.05) is 0 Å². The van der Waals surface area contributed by atoms with E-state index in [4.69, 9.17) is 5.11 Å². The van der Waals surface area contributed by atoms with Gasteiger partial charge in [0.1, 0.15) is 0 Å². The molecule has 1 atom stereocenters. The lowest BCUT2D eigenvalue weighted by Gasteiger charge is -2.09. The lowest BCUT2D eigenvalue weighted by atomic mass is 10.2. The molecule has 74 valence electrons. The molecule has 0 aliphatic heterocycles. The van der Waals surface area contributed by atoms with Gasteiger partial charge in [0.05, 0.1) is 6.61 Å². The summed E-state index contributed by atoms with van der Waals surface area (Å²) >= 11 is 1.83. The van der Waals surface area contributed by atoms with Gasteiger partial charge in [0.25, 0.3) is 0 Å². The average molecular weight is 199 g/mol. The largest absolute Gasteiger partial charge is 0.395 e. The van der Waals surface area contributed by atoms with E-state index in [-0.39, 0.29) is 12.6 Å². The van der Waals surface area contributed by atoms with Gasteiger partial charge >= 0.3 is 0 Å². The summed E-state index contributed by atoms with van der Waals surface area (Å²) in [7, 11) is 0. The first-order chi connectivity index (χ1) is 6.13. The first kappa shape index (κ1) is 10.7. The van der Waals surface area contributed by atoms with Crippen LogP contribution in [-0.2, 0) is 6.54 Å². The van der Waals surface area contributed by atoms with Crippen LogP contribution in [0.1, 0.15) is 22.2 Å². The van der Waals surface area contributed by atoms with Crippen LogP contribution < -0.4 is 5.32 Å². The first-order valence-electron chi connectivity index (χ1n) is 4.53. The number of nitrogens with one attached hydrogen (secondary N) is 1. The van der Waals surface area contributed by atoms with Crippen molar-refractivity contribution >= 4 is 11.3 Å². The van der Waals surface area contributed by atoms with Crippen molar-refractivity contribution in [1.29, 1.82) is 0 Å². The third-order valence-corrected chi connectivity index (χ3v) is 3.07. The Kier molecular flexibility index (Phi) is 3.90. The summed E-state index contributed by atoms with van der Waals surface area (Å²) in [4.78, 5) is 2.72. The molecule has 0 saturated carbocycles. The minimum Gasteiger partial charge on any atom is -0.395 e. The molecule has 1 rings (SSSR count). The molecule has 0 spiro atoms. The Bertz CT molecular complexity index is 270. The molecule has 0 radical (unpaired) electrons. The maximum Gasteiger partial charge on any atom is 0.0582 e. The van der Waals surface area contributed by atoms with Crippen LogP contribution in [0, 0.1) is 13.8 Å². The smallest absolute Gasteiger partial charge is 0.0582 e. The van der Waals surface area contributed by atoms with Gasteiger partial charge in [-0.2, -0.15) is 0 Å². The van der Waals surface area contributed by atoms with E-state index in [0.717, 1.165) is 6.54 Å². The van der Waals surface area contributed by atoms with E-state index in [1.165, 1.54) is 15.3 Å². The summed E-state index contributed by atoms with van der Waals surface area (Å²) in [6.45, 7) is 7.30. The zero-order chi connectivity index (χ0) is 9.84. The topological polar surface area (TPSA) is 32.3 Å². The summed E-state index contributed by atoms with van der Waals surface area (Å²) in [6.07, 6.45) is 0. The van der Waals surface area contributed by atoms with E-state index in [2.05, 4.69) is 25.2 Å². The minimum atomic E-state index is 0.180. The highest BCUT2D eigenvalue weighted by Gasteiger charge is 2.04. The van der Waals surface area contributed by atoms with Crippen LogP contribution in [0.2, 0.25) is 0 Å². The van der Waals surface area contributed by atoms with Gasteiger partial charge in [-0.3, -0.25) is 0 Å². The monoisotopic (exact) mass is 199 g/mol. The Morgan fingerprint density at radius 3 is 2.69 bits per heavy atom. The summed E-state index contributed by atoms with van der Waals surface area (Å²) < 4.78 is 0. The zero-order valence-corrected chi connectivity index (χ0v) is 9.24. The third-order valence-electron chi connectivity index (χ3n) is 2.06. The Morgan fingerprint density at radius 2 is 2.23 bits per heavy atom. The summed E-state index contributed by atoms with van der Waals surface area (Å²) in [5, 5.41) is 12.1. The van der Waals surface area contributed by atoms with Crippen molar-refractivity contribution in [2.75, 3.05) is 6.61 Å². The minimum absolute atomic E-state index is 0.180. The molecule has 0 aliphatic carbocycles. The third kappa shape index (κ3) is 3.10. The summed E-state index contributed by atoms with van der Waals surface area (Å²) in [5.41, 5.74) is 1.35. The first-order valence-corrected chi connectivity index (χ1v) is 5.35. The van der Waals surface area contributed by atoms with Gasteiger partial charge in [0.15, 0.2) is 0 Å². The van der Waals surface area contributed by atoms with Crippen LogP contribution in [0.25, 0.3) is 0 Å². The SMILES string of the molecule is Cc1cc(CN[C@H](C)CO)c(C)s1. The Morgan fingerprint density at radius 1 is 1.54 bits per heavy atom. The molecule has 1 aromatic heterocycles. The number of aliphatic hydroxyl groups is 1. The van der Waals surface area contributed by atoms with E-state index >= 15 is 0 Å². The molecule has 0 saturated heterocycles. The normalized spacial score (nSPS) is 13.2. The zero-order valence-electron chi connectivity index (χ0n) is 8.42. The standard InChI is InChI=1S/C10H17NOS/c1-7(6-12)11-5-10-4-8(2)13-9(10)3/h4,7,11-12H,5-6H2,1-3H3/t7-/m1/s1. The van der Waals surface area contributed by atoms with E-state index in [0.29, 0.717) is 0 Å². The Hall–Kier alpha value is -0.380. The van der Waals surface area contributed by atoms with Crippen LogP contribution in [0.3, 0.4) is 0 Å². The van der Waals surface area contributed by atoms with Gasteiger partial charge in [-0.05, 0) is 32.4 Å². The van der Waals surface area contributed by atoms with Crippen molar-refractivity contribution in [3.63, 3.8) is 0 Å². The van der Waals surface area contributed by atoms with E-state index in [1.807, 2.05) is 18.3 Å². The molecular formula is C10H17NOS. The maximum absolute atomic E-state index is 8.83. The molecule has 3 heteroatoms. The van der Waals surface area contributed by atoms with E-state index in [9.17, 15) is 0 Å². The lowest BCUT2D eigenvalue weighted by molar-refractivity contribution is 0.251. The molecule has 2 nitrogen and oxygen atoms in total. The number of hydrogen-bond acceptors (Lipinski definition) is 3. The molecule has 0 aromatic carbocycles. The van der Waals surface area contributed by atoms with Crippen LogP contribution >= 0.6 is 11.3 Å². The van der Waals surface area contributed by atoms with Crippen LogP contribution in [0.15, 0.2) is 6.07 Å². The van der Waals surface area contributed by atoms with Crippen LogP contribution in [0.5, 0.6) is 0 Å². The van der Waals surface area contributed by atoms with Crippen molar-refractivity contribution in [2.24, 2.45) is 0 Å². The lowest BCUT2D eigenvalue weighted by Crippen LogP contribution is -2.28. The van der Waals surface area contributed by atoms with E-state index in [1.54, 1.807) is 0 Å². The van der Waals surface area contributed by atoms with Gasteiger partial charge < -0.3 is 10.4 Å². The molecule has 2 N–H and O–H groups in total. The summed E-state index contributed by atoms with van der Waals surface area (Å²) in [5.74, 6) is 0. The highest BCUT2D eigenvalue weighted by molar-refractivity contribution is 7.12. The second-order valence-corrected chi connectivity index (χ2v) is 4.86. The second-order valence-electron chi connectivity index (χ2n) is 3.40. The molecular weight excluding hydrogens is 182 g/mol. The summed E-state index contributed by atoms with van der Waals surface area (Å²) in [6, 6.07) is 2.39. The van der Waals surface area contributed by atoms with Crippen molar-refractivity contribution < 1.29 is 5.11 Å². The fourth-order valence-corrected chi connectivity index (χ4v) is 2.15. The Labute approximate surface area is 83.6 Å². The van der Waals surface area contributed by atoms with Gasteiger partial charge in [0.2, 0.25) is 0 Å². The molecule has 1 heterocycles. The molecule has 0 amide bonds. The predicted octanol–water partition coefficient (Wildman–Crippen LogP) is 1.84. The number of thiophene rings is 1. The van der Waals surface area contributed by atoms with Crippen molar-refractivity contribution in [3.05, 3.63) is 21.4 Å². The molecule has 0 unspecified atom stereocenters. The quantitative estimate of drug-likeness (QED) is 0.775. The average Bonchev–Trinajstić information content (AvgIpc) is 2.41. The van der Waals surface area contributed by atoms with Gasteiger partial charge in [-0.15, -0.1) is 11.3 Å². The highest BCUT2D eigenvalue weighted by Crippen LogP contribution is 2.20. The van der Waals surface area contributed by atoms with Gasteiger partial charge in [0, 0.05) is 22.3 Å². The van der Waals surface area contributed by atoms with Crippen LogP contribution in [-0.4, -0.2) is 17.8 Å². The maximum atomic E-state index is 8.83. The number of aliphatic hydroxyl groups excluding tert-OH is 1. The highest BCUT2D eigenvalue weighted by atomic mass is 32.1. The van der Waals surface area contributed by atoms with Crippen molar-refractivity contribution in [3.8, 4) is 0 Å². The number of aryl methyl sites for hydroxylation is 2. The molecule has 1 aromatic rings. The second kappa shape index (κ2) is 4.74. The molecule has 0 fully saturated rings. The molecule has 13 heavy (non-hydrogen) atoms. The van der Waals surface area contributed by atoms with Crippen LogP contribution in [0.4, 0.5) is 0 Å². The number of rotatable bonds is 4. The Balaban J connectivity index is 2.49. The van der Waals surface area contributed by atoms with E-state index < -0.39 is 0 Å². The van der Waals surface area contributed by atoms with Crippen molar-refractivity contribution in [1.82, 2.24) is 5.32 Å². The van der Waals surface area contributed by atoms with Crippen molar-refractivity contribution in [2.45, 2.75) is 33.4 Å². The molecule has 0 aliphatic rings. The fraction of sp³-hybridized carbons (Fsp3) is 0.600. The predicted molar refractivity (Wildman–Crippen MR) is 57.2 cm³/mol. The fourth-order valence-electron chi connectivity index (χ4n) is 1.21. The van der Waals surface area contributed by atoms with Gasteiger partial charge in [-0.25, -0.2) is 0 Å². The number of hydrogen-bond donors (Lipinski definition) is 2. The molecule has 0 bridgehead atoms.